The molecule has 0 atom stereocenters. The van der Waals surface area contributed by atoms with Gasteiger partial charge >= 0.3 is 0 Å². The summed E-state index contributed by atoms with van der Waals surface area (Å²) in [5, 5.41) is 0.549. The number of likely N-dealkylation sites (N-methyl/N-ethyl adjacent to an activating group) is 1. The summed E-state index contributed by atoms with van der Waals surface area (Å²) >= 11 is 1.36. The summed E-state index contributed by atoms with van der Waals surface area (Å²) in [7, 11) is 1.71. The fraction of sp³-hybridized carbons (Fsp3) is 0.200. The molecule has 3 heterocycles. The van der Waals surface area contributed by atoms with Crippen molar-refractivity contribution in [1.29, 1.82) is 0 Å². The maximum absolute atomic E-state index is 13.5. The maximum Gasteiger partial charge on any atom is 0.263 e. The lowest BCUT2D eigenvalue weighted by Crippen LogP contribution is -2.47. The Labute approximate surface area is 166 Å². The van der Waals surface area contributed by atoms with Crippen molar-refractivity contribution < 1.29 is 14.0 Å². The third-order valence-electron chi connectivity index (χ3n) is 4.65. The second kappa shape index (κ2) is 7.12. The molecule has 28 heavy (non-hydrogen) atoms. The predicted molar refractivity (Wildman–Crippen MR) is 108 cm³/mol. The molecule has 8 heteroatoms. The number of para-hydroxylation sites is 2. The van der Waals surface area contributed by atoms with Crippen molar-refractivity contribution >= 4 is 35.0 Å². The fourth-order valence-corrected chi connectivity index (χ4v) is 3.83. The molecule has 0 unspecified atom stereocenters. The average molecular weight is 394 g/mol. The number of thioether (sulfide) groups is 1. The van der Waals surface area contributed by atoms with Gasteiger partial charge in [-0.3, -0.25) is 14.5 Å². The molecule has 0 radical (unpaired) electrons. The van der Waals surface area contributed by atoms with Gasteiger partial charge in [0.1, 0.15) is 11.6 Å². The van der Waals surface area contributed by atoms with E-state index in [0.29, 0.717) is 39.2 Å². The zero-order valence-corrected chi connectivity index (χ0v) is 16.5. The summed E-state index contributed by atoms with van der Waals surface area (Å²) in [5.74, 6) is 0.529. The second-order valence-corrected chi connectivity index (χ2v) is 7.12. The van der Waals surface area contributed by atoms with Gasteiger partial charge in [0, 0.05) is 7.05 Å². The topological polar surface area (TPSA) is 79.5 Å². The zero-order valence-electron chi connectivity index (χ0n) is 15.7. The molecule has 1 aliphatic heterocycles. The van der Waals surface area contributed by atoms with Gasteiger partial charge < -0.3 is 9.32 Å². The number of hydrogen-bond acceptors (Lipinski definition) is 6. The predicted octanol–water partition coefficient (Wildman–Crippen LogP) is 3.39. The highest BCUT2D eigenvalue weighted by Gasteiger charge is 2.33. The number of fused-ring (bicyclic) bond motifs is 1. The first-order valence-corrected chi connectivity index (χ1v) is 9.87. The first-order chi connectivity index (χ1) is 13.5. The van der Waals surface area contributed by atoms with E-state index in [1.165, 1.54) is 16.7 Å². The van der Waals surface area contributed by atoms with E-state index < -0.39 is 0 Å². The highest BCUT2D eigenvalue weighted by atomic mass is 32.2. The van der Waals surface area contributed by atoms with E-state index in [4.69, 9.17) is 4.42 Å². The van der Waals surface area contributed by atoms with Gasteiger partial charge in [-0.2, -0.15) is 0 Å². The number of carbonyl (C=O) groups excluding carboxylic acids is 2. The van der Waals surface area contributed by atoms with Crippen LogP contribution >= 0.6 is 11.8 Å². The number of carbonyl (C=O) groups is 2. The number of amides is 2. The smallest absolute Gasteiger partial charge is 0.263 e. The van der Waals surface area contributed by atoms with Crippen LogP contribution in [-0.4, -0.2) is 41.6 Å². The van der Waals surface area contributed by atoms with E-state index >= 15 is 0 Å². The quantitative estimate of drug-likeness (QED) is 0.500. The minimum atomic E-state index is -0.290. The number of furan rings is 1. The Morgan fingerprint density at radius 2 is 1.89 bits per heavy atom. The molecule has 1 aliphatic rings. The Morgan fingerprint density at radius 3 is 2.57 bits per heavy atom. The molecule has 0 spiro atoms. The SMILES string of the molecule is CSc1nc(-c2ccco2)nc(C)c1C(=O)N1CC(=O)N(C)c2ccccc21. The second-order valence-electron chi connectivity index (χ2n) is 6.33. The molecule has 0 bridgehead atoms. The number of hydrogen-bond donors (Lipinski definition) is 0. The molecule has 0 saturated carbocycles. The first kappa shape index (κ1) is 18.2. The van der Waals surface area contributed by atoms with Crippen LogP contribution in [0, 0.1) is 6.92 Å². The van der Waals surface area contributed by atoms with Crippen LogP contribution in [0.25, 0.3) is 11.6 Å². The number of aromatic nitrogens is 2. The number of anilines is 2. The van der Waals surface area contributed by atoms with Gasteiger partial charge in [0.15, 0.2) is 11.6 Å². The van der Waals surface area contributed by atoms with Gasteiger partial charge in [0.25, 0.3) is 5.91 Å². The lowest BCUT2D eigenvalue weighted by Gasteiger charge is -2.34. The Hall–Kier alpha value is -3.13. The van der Waals surface area contributed by atoms with Gasteiger partial charge in [0.2, 0.25) is 5.91 Å². The summed E-state index contributed by atoms with van der Waals surface area (Å²) in [6.07, 6.45) is 3.41. The Morgan fingerprint density at radius 1 is 1.14 bits per heavy atom. The van der Waals surface area contributed by atoms with E-state index in [-0.39, 0.29) is 18.4 Å². The molecule has 1 aromatic carbocycles. The van der Waals surface area contributed by atoms with Crippen molar-refractivity contribution in [2.75, 3.05) is 29.6 Å². The van der Waals surface area contributed by atoms with E-state index in [0.717, 1.165) is 0 Å². The Kier molecular flexibility index (Phi) is 4.64. The minimum absolute atomic E-state index is 0.0282. The maximum atomic E-state index is 13.5. The number of benzene rings is 1. The average Bonchev–Trinajstić information content (AvgIpc) is 3.24. The number of aryl methyl sites for hydroxylation is 1. The van der Waals surface area contributed by atoms with Crippen molar-refractivity contribution in [1.82, 2.24) is 9.97 Å². The van der Waals surface area contributed by atoms with Crippen LogP contribution in [0.4, 0.5) is 11.4 Å². The summed E-state index contributed by atoms with van der Waals surface area (Å²) in [5.41, 5.74) is 2.33. The van der Waals surface area contributed by atoms with Gasteiger partial charge in [-0.05, 0) is 37.4 Å². The minimum Gasteiger partial charge on any atom is -0.461 e. The molecule has 7 nitrogen and oxygen atoms in total. The van der Waals surface area contributed by atoms with Crippen molar-refractivity contribution in [3.8, 4) is 11.6 Å². The summed E-state index contributed by atoms with van der Waals surface area (Å²) < 4.78 is 5.38. The lowest BCUT2D eigenvalue weighted by atomic mass is 10.1. The van der Waals surface area contributed by atoms with E-state index in [2.05, 4.69) is 9.97 Å². The normalized spacial score (nSPS) is 13.6. The molecular formula is C20H18N4O3S. The van der Waals surface area contributed by atoms with E-state index in [1.54, 1.807) is 37.3 Å². The van der Waals surface area contributed by atoms with Crippen LogP contribution in [-0.2, 0) is 4.79 Å². The molecule has 2 amide bonds. The molecular weight excluding hydrogens is 376 g/mol. The molecule has 3 aromatic rings. The molecule has 0 fully saturated rings. The van der Waals surface area contributed by atoms with Crippen LogP contribution in [0.15, 0.2) is 52.1 Å². The van der Waals surface area contributed by atoms with Crippen molar-refractivity contribution in [2.45, 2.75) is 11.9 Å². The molecule has 0 saturated heterocycles. The number of nitrogens with zero attached hydrogens (tertiary/aromatic N) is 4. The third kappa shape index (κ3) is 2.95. The van der Waals surface area contributed by atoms with Gasteiger partial charge in [-0.25, -0.2) is 9.97 Å². The van der Waals surface area contributed by atoms with Crippen molar-refractivity contribution in [2.24, 2.45) is 0 Å². The van der Waals surface area contributed by atoms with Crippen LogP contribution in [0.2, 0.25) is 0 Å². The van der Waals surface area contributed by atoms with Gasteiger partial charge in [-0.15, -0.1) is 11.8 Å². The van der Waals surface area contributed by atoms with Crippen LogP contribution in [0.1, 0.15) is 16.1 Å². The summed E-state index contributed by atoms with van der Waals surface area (Å²) in [4.78, 5) is 37.9. The molecule has 142 valence electrons. The van der Waals surface area contributed by atoms with Crippen molar-refractivity contribution in [3.05, 3.63) is 53.9 Å². The van der Waals surface area contributed by atoms with E-state index in [9.17, 15) is 9.59 Å². The van der Waals surface area contributed by atoms with Crippen LogP contribution in [0.5, 0.6) is 0 Å². The lowest BCUT2D eigenvalue weighted by molar-refractivity contribution is -0.117. The summed E-state index contributed by atoms with van der Waals surface area (Å²) in [6, 6.07) is 10.9. The monoisotopic (exact) mass is 394 g/mol. The van der Waals surface area contributed by atoms with Gasteiger partial charge in [-0.1, -0.05) is 12.1 Å². The largest absolute Gasteiger partial charge is 0.461 e. The summed E-state index contributed by atoms with van der Waals surface area (Å²) in [6.45, 7) is 1.74. The molecule has 0 N–H and O–H groups in total. The van der Waals surface area contributed by atoms with Crippen LogP contribution in [0.3, 0.4) is 0 Å². The first-order valence-electron chi connectivity index (χ1n) is 8.65. The van der Waals surface area contributed by atoms with Crippen LogP contribution < -0.4 is 9.80 Å². The van der Waals surface area contributed by atoms with Crippen molar-refractivity contribution in [3.63, 3.8) is 0 Å². The highest BCUT2D eigenvalue weighted by Crippen LogP contribution is 2.35. The third-order valence-corrected chi connectivity index (χ3v) is 5.33. The zero-order chi connectivity index (χ0) is 19.8. The molecule has 2 aromatic heterocycles. The van der Waals surface area contributed by atoms with E-state index in [1.807, 2.05) is 30.5 Å². The van der Waals surface area contributed by atoms with Gasteiger partial charge in [0.05, 0.1) is 28.9 Å². The molecule has 0 aliphatic carbocycles. The molecule has 4 rings (SSSR count). The standard InChI is InChI=1S/C20H18N4O3S/c1-12-17(19(28-3)22-18(21-12)15-9-6-10-27-15)20(26)24-11-16(25)23(2)13-7-4-5-8-14(13)24/h4-10H,11H2,1-3H3. The Bertz CT molecular complexity index is 1070. The highest BCUT2D eigenvalue weighted by molar-refractivity contribution is 7.98. The fourth-order valence-electron chi connectivity index (χ4n) is 3.21. The Balaban J connectivity index is 1.80. The number of rotatable bonds is 3.